The number of nitrogens with zero attached hydrogens (tertiary/aromatic N) is 4. The van der Waals surface area contributed by atoms with Crippen molar-refractivity contribution in [3.05, 3.63) is 108 Å². The molecule has 36 heavy (non-hydrogen) atoms. The van der Waals surface area contributed by atoms with Gasteiger partial charge in [0.2, 0.25) is 5.16 Å². The van der Waals surface area contributed by atoms with E-state index >= 15 is 0 Å². The first kappa shape index (κ1) is 25.7. The third-order valence-electron chi connectivity index (χ3n) is 5.77. The Morgan fingerprint density at radius 1 is 0.889 bits per heavy atom. The summed E-state index contributed by atoms with van der Waals surface area (Å²) in [7, 11) is 0. The zero-order valence-corrected chi connectivity index (χ0v) is 21.6. The van der Waals surface area contributed by atoms with Crippen LogP contribution < -0.4 is 10.1 Å². The monoisotopic (exact) mass is 517 g/mol. The van der Waals surface area contributed by atoms with Crippen molar-refractivity contribution >= 4 is 34.9 Å². The quantitative estimate of drug-likeness (QED) is 0.181. The van der Waals surface area contributed by atoms with E-state index in [4.69, 9.17) is 4.74 Å². The van der Waals surface area contributed by atoms with Crippen LogP contribution in [0.1, 0.15) is 16.7 Å². The van der Waals surface area contributed by atoms with Gasteiger partial charge in [-0.25, -0.2) is 0 Å². The number of aryl methyl sites for hydroxylation is 1. The highest BCUT2D eigenvalue weighted by Gasteiger charge is 2.11. The topological polar surface area (TPSA) is 64.9 Å². The molecule has 8 heteroatoms. The van der Waals surface area contributed by atoms with E-state index in [1.54, 1.807) is 16.4 Å². The molecule has 6 nitrogen and oxygen atoms in total. The van der Waals surface area contributed by atoms with E-state index in [1.165, 1.54) is 21.9 Å². The van der Waals surface area contributed by atoms with Gasteiger partial charge in [-0.05, 0) is 51.9 Å². The lowest BCUT2D eigenvalue weighted by molar-refractivity contribution is 0.303. The molecule has 0 spiro atoms. The van der Waals surface area contributed by atoms with Crippen molar-refractivity contribution in [1.82, 2.24) is 25.5 Å². The van der Waals surface area contributed by atoms with Crippen LogP contribution in [0.5, 0.6) is 5.75 Å². The number of tetrazole rings is 1. The van der Waals surface area contributed by atoms with Crippen molar-refractivity contribution in [2.45, 2.75) is 25.2 Å². The van der Waals surface area contributed by atoms with Crippen LogP contribution in [0.3, 0.4) is 0 Å². The van der Waals surface area contributed by atoms with Crippen molar-refractivity contribution in [2.24, 2.45) is 0 Å². The van der Waals surface area contributed by atoms with E-state index in [0.29, 0.717) is 6.61 Å². The molecule has 0 bridgehead atoms. The Hall–Kier alpha value is -3.39. The van der Waals surface area contributed by atoms with Gasteiger partial charge in [-0.15, -0.1) is 17.5 Å². The first-order valence-electron chi connectivity index (χ1n) is 11.6. The van der Waals surface area contributed by atoms with Crippen LogP contribution in [-0.4, -0.2) is 32.5 Å². The van der Waals surface area contributed by atoms with Gasteiger partial charge in [-0.1, -0.05) is 90.1 Å². The molecule has 184 valence electrons. The number of fused-ring (bicyclic) bond motifs is 1. The lowest BCUT2D eigenvalue weighted by Gasteiger charge is -2.15. The minimum atomic E-state index is 0. The van der Waals surface area contributed by atoms with Gasteiger partial charge in [-0.2, -0.15) is 4.68 Å². The summed E-state index contributed by atoms with van der Waals surface area (Å²) >= 11 is 1.63. The van der Waals surface area contributed by atoms with E-state index in [0.717, 1.165) is 41.0 Å². The molecular formula is C28H28ClN5OS. The average molecular weight is 518 g/mol. The molecule has 0 amide bonds. The van der Waals surface area contributed by atoms with E-state index in [9.17, 15) is 0 Å². The summed E-state index contributed by atoms with van der Waals surface area (Å²) in [5, 5.41) is 18.9. The highest BCUT2D eigenvalue weighted by atomic mass is 35.5. The number of hydrogen-bond acceptors (Lipinski definition) is 6. The Morgan fingerprint density at radius 2 is 1.67 bits per heavy atom. The lowest BCUT2D eigenvalue weighted by atomic mass is 10.0. The molecule has 1 aromatic heterocycles. The fourth-order valence-corrected chi connectivity index (χ4v) is 4.69. The molecule has 0 saturated carbocycles. The number of thioether (sulfide) groups is 1. The number of benzene rings is 4. The molecule has 0 radical (unpaired) electrons. The van der Waals surface area contributed by atoms with Crippen LogP contribution in [0.2, 0.25) is 0 Å². The third-order valence-corrected chi connectivity index (χ3v) is 6.69. The summed E-state index contributed by atoms with van der Waals surface area (Å²) in [6, 6.07) is 31.1. The summed E-state index contributed by atoms with van der Waals surface area (Å²) in [5.74, 6) is 1.76. The van der Waals surface area contributed by atoms with Gasteiger partial charge in [0.25, 0.3) is 0 Å². The predicted octanol–water partition coefficient (Wildman–Crippen LogP) is 6.01. The molecule has 0 aliphatic carbocycles. The maximum absolute atomic E-state index is 6.28. The minimum Gasteiger partial charge on any atom is -0.489 e. The highest BCUT2D eigenvalue weighted by Crippen LogP contribution is 2.29. The number of ether oxygens (including phenoxy) is 1. The maximum atomic E-state index is 6.28. The SMILES string of the molecule is Cc1ccc(COc2ccc3ccccc3c2CNCCSc2nnnn2-c2ccccc2)cc1.Cl. The summed E-state index contributed by atoms with van der Waals surface area (Å²) in [4.78, 5) is 0. The van der Waals surface area contributed by atoms with Gasteiger partial charge >= 0.3 is 0 Å². The van der Waals surface area contributed by atoms with Crippen LogP contribution in [0.4, 0.5) is 0 Å². The van der Waals surface area contributed by atoms with Crippen LogP contribution in [0, 0.1) is 6.92 Å². The van der Waals surface area contributed by atoms with E-state index in [-0.39, 0.29) is 12.4 Å². The highest BCUT2D eigenvalue weighted by molar-refractivity contribution is 7.99. The van der Waals surface area contributed by atoms with Crippen molar-refractivity contribution in [1.29, 1.82) is 0 Å². The van der Waals surface area contributed by atoms with Gasteiger partial charge in [-0.3, -0.25) is 0 Å². The van der Waals surface area contributed by atoms with E-state index in [2.05, 4.69) is 88.4 Å². The summed E-state index contributed by atoms with van der Waals surface area (Å²) in [6.07, 6.45) is 0. The van der Waals surface area contributed by atoms with Crippen LogP contribution in [0.25, 0.3) is 16.5 Å². The average Bonchev–Trinajstić information content (AvgIpc) is 3.38. The predicted molar refractivity (Wildman–Crippen MR) is 148 cm³/mol. The van der Waals surface area contributed by atoms with Gasteiger partial charge < -0.3 is 10.1 Å². The molecular weight excluding hydrogens is 490 g/mol. The van der Waals surface area contributed by atoms with Gasteiger partial charge in [0.15, 0.2) is 0 Å². The second-order valence-corrected chi connectivity index (χ2v) is 9.33. The van der Waals surface area contributed by atoms with E-state index < -0.39 is 0 Å². The van der Waals surface area contributed by atoms with Gasteiger partial charge in [0, 0.05) is 24.4 Å². The molecule has 4 aromatic carbocycles. The number of halogens is 1. The second-order valence-electron chi connectivity index (χ2n) is 8.27. The second kappa shape index (κ2) is 12.5. The fourth-order valence-electron chi connectivity index (χ4n) is 3.91. The molecule has 0 saturated heterocycles. The smallest absolute Gasteiger partial charge is 0.214 e. The van der Waals surface area contributed by atoms with Gasteiger partial charge in [0.05, 0.1) is 5.69 Å². The third kappa shape index (κ3) is 6.23. The van der Waals surface area contributed by atoms with Crippen molar-refractivity contribution in [3.63, 3.8) is 0 Å². The standard InChI is InChI=1S/C28H27N5OS.ClH/c1-21-11-13-22(14-12-21)20-34-27-16-15-23-7-5-6-10-25(23)26(27)19-29-17-18-35-28-30-31-32-33(28)24-8-3-2-4-9-24;/h2-16,29H,17-20H2,1H3;1H. The summed E-state index contributed by atoms with van der Waals surface area (Å²) < 4.78 is 8.05. The Labute approximate surface area is 221 Å². The normalized spacial score (nSPS) is 10.8. The number of rotatable bonds is 10. The van der Waals surface area contributed by atoms with E-state index in [1.807, 2.05) is 30.3 Å². The molecule has 0 fully saturated rings. The zero-order valence-electron chi connectivity index (χ0n) is 20.0. The number of nitrogens with one attached hydrogen (secondary N) is 1. The van der Waals surface area contributed by atoms with Crippen LogP contribution >= 0.6 is 24.2 Å². The first-order valence-corrected chi connectivity index (χ1v) is 12.6. The maximum Gasteiger partial charge on any atom is 0.214 e. The van der Waals surface area contributed by atoms with Crippen molar-refractivity contribution in [3.8, 4) is 11.4 Å². The molecule has 0 aliphatic rings. The summed E-state index contributed by atoms with van der Waals surface area (Å²) in [6.45, 7) is 4.17. The number of aromatic nitrogens is 4. The molecule has 0 aliphatic heterocycles. The molecule has 5 aromatic rings. The molecule has 0 unspecified atom stereocenters. The molecule has 1 heterocycles. The number of hydrogen-bond donors (Lipinski definition) is 1. The minimum absolute atomic E-state index is 0. The largest absolute Gasteiger partial charge is 0.489 e. The Kier molecular flexibility index (Phi) is 8.95. The van der Waals surface area contributed by atoms with Crippen LogP contribution in [-0.2, 0) is 13.2 Å². The fraction of sp³-hybridized carbons (Fsp3) is 0.179. The molecule has 0 atom stereocenters. The van der Waals surface area contributed by atoms with Crippen molar-refractivity contribution < 1.29 is 4.74 Å². The first-order chi connectivity index (χ1) is 17.3. The zero-order chi connectivity index (χ0) is 23.9. The number of para-hydroxylation sites is 1. The Morgan fingerprint density at radius 3 is 2.50 bits per heavy atom. The Bertz CT molecular complexity index is 1390. The summed E-state index contributed by atoms with van der Waals surface area (Å²) in [5.41, 5.74) is 4.55. The molecule has 5 rings (SSSR count). The molecule has 1 N–H and O–H groups in total. The lowest BCUT2D eigenvalue weighted by Crippen LogP contribution is -2.18. The van der Waals surface area contributed by atoms with Crippen LogP contribution in [0.15, 0.2) is 96.2 Å². The van der Waals surface area contributed by atoms with Gasteiger partial charge in [0.1, 0.15) is 12.4 Å². The van der Waals surface area contributed by atoms with Crippen molar-refractivity contribution in [2.75, 3.05) is 12.3 Å². The Balaban J connectivity index is 0.00000304.